The zero-order valence-electron chi connectivity index (χ0n) is 13.8. The fourth-order valence-corrected chi connectivity index (χ4v) is 3.71. The minimum atomic E-state index is -0.105. The number of amides is 1. The van der Waals surface area contributed by atoms with Crippen LogP contribution in [0.5, 0.6) is 0 Å². The first-order valence-corrected chi connectivity index (χ1v) is 9.49. The van der Waals surface area contributed by atoms with Gasteiger partial charge in [-0.05, 0) is 36.2 Å². The quantitative estimate of drug-likeness (QED) is 0.604. The highest BCUT2D eigenvalue weighted by Crippen LogP contribution is 2.22. The number of anilines is 2. The fraction of sp³-hybridized carbons (Fsp3) is 0.158. The number of aryl methyl sites for hydroxylation is 1. The summed E-state index contributed by atoms with van der Waals surface area (Å²) in [5, 5.41) is 6.62. The van der Waals surface area contributed by atoms with Crippen LogP contribution in [0.2, 0.25) is 0 Å². The average Bonchev–Trinajstić information content (AvgIpc) is 3.01. The molecule has 2 aromatic carbocycles. The average molecular weight is 416 g/mol. The number of carbonyl (C=O) groups is 1. The Balaban J connectivity index is 1.54. The largest absolute Gasteiger partial charge is 0.376 e. The molecular formula is C19H18BrN3OS. The molecule has 0 bridgehead atoms. The van der Waals surface area contributed by atoms with Crippen molar-refractivity contribution in [3.8, 4) is 0 Å². The van der Waals surface area contributed by atoms with E-state index < -0.39 is 0 Å². The topological polar surface area (TPSA) is 54.0 Å². The van der Waals surface area contributed by atoms with E-state index in [9.17, 15) is 4.79 Å². The van der Waals surface area contributed by atoms with E-state index in [-0.39, 0.29) is 12.5 Å². The standard InChI is InChI=1S/C19H18BrN3OS/c1-13-5-2-3-8-17(13)21-12-18(24)23-19-22-11-16(25-19)10-14-6-4-7-15(20)9-14/h2-9,11,21H,10,12H2,1H3,(H,22,23,24). The minimum absolute atomic E-state index is 0.105. The van der Waals surface area contributed by atoms with Crippen molar-refractivity contribution in [2.24, 2.45) is 0 Å². The summed E-state index contributed by atoms with van der Waals surface area (Å²) in [5.74, 6) is -0.105. The molecule has 6 heteroatoms. The number of rotatable bonds is 6. The normalized spacial score (nSPS) is 10.5. The van der Waals surface area contributed by atoms with E-state index >= 15 is 0 Å². The van der Waals surface area contributed by atoms with Gasteiger partial charge in [0.05, 0.1) is 6.54 Å². The van der Waals surface area contributed by atoms with Gasteiger partial charge in [-0.15, -0.1) is 11.3 Å². The van der Waals surface area contributed by atoms with E-state index in [1.807, 2.05) is 49.5 Å². The van der Waals surface area contributed by atoms with E-state index in [4.69, 9.17) is 0 Å². The zero-order valence-corrected chi connectivity index (χ0v) is 16.2. The molecule has 0 saturated carbocycles. The molecule has 1 heterocycles. The summed E-state index contributed by atoms with van der Waals surface area (Å²) in [4.78, 5) is 17.5. The van der Waals surface area contributed by atoms with E-state index in [0.717, 1.165) is 27.0 Å². The first-order valence-electron chi connectivity index (χ1n) is 7.88. The molecule has 0 aliphatic heterocycles. The molecule has 4 nitrogen and oxygen atoms in total. The number of carbonyl (C=O) groups excluding carboxylic acids is 1. The van der Waals surface area contributed by atoms with Gasteiger partial charge in [0.1, 0.15) is 0 Å². The number of aromatic nitrogens is 1. The number of hydrogen-bond donors (Lipinski definition) is 2. The molecule has 0 unspecified atom stereocenters. The van der Waals surface area contributed by atoms with E-state index in [1.165, 1.54) is 16.9 Å². The SMILES string of the molecule is Cc1ccccc1NCC(=O)Nc1ncc(Cc2cccc(Br)c2)s1. The van der Waals surface area contributed by atoms with Crippen LogP contribution in [0, 0.1) is 6.92 Å². The van der Waals surface area contributed by atoms with Crippen LogP contribution < -0.4 is 10.6 Å². The second kappa shape index (κ2) is 8.27. The smallest absolute Gasteiger partial charge is 0.245 e. The van der Waals surface area contributed by atoms with Crippen LogP contribution in [0.25, 0.3) is 0 Å². The molecule has 0 atom stereocenters. The Kier molecular flexibility index (Phi) is 5.83. The van der Waals surface area contributed by atoms with Gasteiger partial charge in [0.15, 0.2) is 5.13 Å². The maximum Gasteiger partial charge on any atom is 0.245 e. The van der Waals surface area contributed by atoms with Gasteiger partial charge in [-0.3, -0.25) is 4.79 Å². The van der Waals surface area contributed by atoms with E-state index in [1.54, 1.807) is 0 Å². The lowest BCUT2D eigenvalue weighted by Crippen LogP contribution is -2.21. The Hall–Kier alpha value is -2.18. The summed E-state index contributed by atoms with van der Waals surface area (Å²) >= 11 is 4.98. The lowest BCUT2D eigenvalue weighted by molar-refractivity contribution is -0.114. The fourth-order valence-electron chi connectivity index (χ4n) is 2.41. The van der Waals surface area contributed by atoms with Gasteiger partial charge in [0.2, 0.25) is 5.91 Å². The van der Waals surface area contributed by atoms with Gasteiger partial charge in [-0.2, -0.15) is 0 Å². The van der Waals surface area contributed by atoms with Gasteiger partial charge >= 0.3 is 0 Å². The van der Waals surface area contributed by atoms with Crippen LogP contribution >= 0.6 is 27.3 Å². The molecule has 1 aromatic heterocycles. The summed E-state index contributed by atoms with van der Waals surface area (Å²) in [7, 11) is 0. The summed E-state index contributed by atoms with van der Waals surface area (Å²) in [6, 6.07) is 16.1. The second-order valence-corrected chi connectivity index (χ2v) is 7.69. The highest BCUT2D eigenvalue weighted by Gasteiger charge is 2.08. The van der Waals surface area contributed by atoms with E-state index in [2.05, 4.69) is 43.7 Å². The number of nitrogens with one attached hydrogen (secondary N) is 2. The van der Waals surface area contributed by atoms with Crippen LogP contribution in [0.15, 0.2) is 59.2 Å². The molecule has 3 aromatic rings. The molecule has 25 heavy (non-hydrogen) atoms. The van der Waals surface area contributed by atoms with Crippen molar-refractivity contribution in [1.29, 1.82) is 0 Å². The summed E-state index contributed by atoms with van der Waals surface area (Å²) in [6.07, 6.45) is 2.62. The van der Waals surface area contributed by atoms with Crippen molar-refractivity contribution in [1.82, 2.24) is 4.98 Å². The van der Waals surface area contributed by atoms with Crippen molar-refractivity contribution in [2.45, 2.75) is 13.3 Å². The number of halogens is 1. The maximum absolute atomic E-state index is 12.1. The number of para-hydroxylation sites is 1. The number of nitrogens with zero attached hydrogens (tertiary/aromatic N) is 1. The summed E-state index contributed by atoms with van der Waals surface area (Å²) < 4.78 is 1.06. The Bertz CT molecular complexity index is 878. The van der Waals surface area contributed by atoms with E-state index in [0.29, 0.717) is 5.13 Å². The molecular weight excluding hydrogens is 398 g/mol. The predicted molar refractivity (Wildman–Crippen MR) is 107 cm³/mol. The van der Waals surface area contributed by atoms with Crippen molar-refractivity contribution in [3.05, 3.63) is 75.2 Å². The summed E-state index contributed by atoms with van der Waals surface area (Å²) in [6.45, 7) is 2.22. The van der Waals surface area contributed by atoms with Crippen molar-refractivity contribution in [3.63, 3.8) is 0 Å². The highest BCUT2D eigenvalue weighted by atomic mass is 79.9. The molecule has 0 fully saturated rings. The second-order valence-electron chi connectivity index (χ2n) is 5.66. The third-order valence-electron chi connectivity index (χ3n) is 3.65. The Morgan fingerprint density at radius 3 is 2.84 bits per heavy atom. The molecule has 0 aliphatic carbocycles. The van der Waals surface area contributed by atoms with Gasteiger partial charge < -0.3 is 10.6 Å². The number of thiazole rings is 1. The Morgan fingerprint density at radius 1 is 1.20 bits per heavy atom. The lowest BCUT2D eigenvalue weighted by Gasteiger charge is -2.08. The van der Waals surface area contributed by atoms with Crippen molar-refractivity contribution < 1.29 is 4.79 Å². The highest BCUT2D eigenvalue weighted by molar-refractivity contribution is 9.10. The van der Waals surface area contributed by atoms with Crippen LogP contribution in [0.3, 0.4) is 0 Å². The first kappa shape index (κ1) is 17.6. The molecule has 128 valence electrons. The molecule has 0 spiro atoms. The van der Waals surface area contributed by atoms with Crippen molar-refractivity contribution in [2.75, 3.05) is 17.2 Å². The number of hydrogen-bond acceptors (Lipinski definition) is 4. The summed E-state index contributed by atoms with van der Waals surface area (Å²) in [5.41, 5.74) is 3.28. The zero-order chi connectivity index (χ0) is 17.6. The van der Waals surface area contributed by atoms with Crippen LogP contribution in [-0.4, -0.2) is 17.4 Å². The number of benzene rings is 2. The Morgan fingerprint density at radius 2 is 2.04 bits per heavy atom. The maximum atomic E-state index is 12.1. The van der Waals surface area contributed by atoms with Crippen molar-refractivity contribution >= 4 is 44.0 Å². The van der Waals surface area contributed by atoms with Crippen LogP contribution in [0.1, 0.15) is 16.0 Å². The molecule has 0 radical (unpaired) electrons. The molecule has 0 saturated heterocycles. The Labute approximate surface area is 159 Å². The molecule has 3 rings (SSSR count). The first-order chi connectivity index (χ1) is 12.1. The third-order valence-corrected chi connectivity index (χ3v) is 5.06. The monoisotopic (exact) mass is 415 g/mol. The predicted octanol–water partition coefficient (Wildman–Crippen LogP) is 4.86. The van der Waals surface area contributed by atoms with Crippen LogP contribution in [0.4, 0.5) is 10.8 Å². The van der Waals surface area contributed by atoms with Gasteiger partial charge in [-0.1, -0.05) is 46.3 Å². The molecule has 1 amide bonds. The molecule has 2 N–H and O–H groups in total. The lowest BCUT2D eigenvalue weighted by atomic mass is 10.1. The van der Waals surface area contributed by atoms with Gasteiger partial charge in [0.25, 0.3) is 0 Å². The van der Waals surface area contributed by atoms with Crippen LogP contribution in [-0.2, 0) is 11.2 Å². The van der Waals surface area contributed by atoms with Gasteiger partial charge in [-0.25, -0.2) is 4.98 Å². The minimum Gasteiger partial charge on any atom is -0.376 e. The molecule has 0 aliphatic rings. The van der Waals surface area contributed by atoms with Gasteiger partial charge in [0, 0.05) is 27.7 Å². The third kappa shape index (κ3) is 5.14.